The Morgan fingerprint density at radius 3 is 2.43 bits per heavy atom. The van der Waals surface area contributed by atoms with Gasteiger partial charge in [0.05, 0.1) is 14.5 Å². The van der Waals surface area contributed by atoms with Crippen molar-refractivity contribution < 1.29 is 14.7 Å². The molecule has 0 saturated heterocycles. The molecule has 0 spiro atoms. The van der Waals surface area contributed by atoms with Crippen LogP contribution in [0.1, 0.15) is 23.8 Å². The zero-order chi connectivity index (χ0) is 16.6. The number of nitrogens with zero attached hydrogens (tertiary/aromatic N) is 1. The summed E-state index contributed by atoms with van der Waals surface area (Å²) in [6.45, 7) is 1.98. The van der Waals surface area contributed by atoms with E-state index in [1.807, 2.05) is 31.2 Å². The van der Waals surface area contributed by atoms with Crippen molar-refractivity contribution in [3.8, 4) is 5.75 Å². The van der Waals surface area contributed by atoms with Gasteiger partial charge >= 0.3 is 0 Å². The van der Waals surface area contributed by atoms with Crippen molar-refractivity contribution in [1.82, 2.24) is 0 Å². The van der Waals surface area contributed by atoms with Crippen LogP contribution < -0.4 is 0 Å². The zero-order valence-electron chi connectivity index (χ0n) is 12.2. The summed E-state index contributed by atoms with van der Waals surface area (Å²) in [5, 5.41) is 23.9. The summed E-state index contributed by atoms with van der Waals surface area (Å²) in [5.74, 6) is 0.845. The first-order chi connectivity index (χ1) is 11.1. The number of furan rings is 1. The van der Waals surface area contributed by atoms with Crippen LogP contribution in [0.4, 0.5) is 0 Å². The van der Waals surface area contributed by atoms with Crippen LogP contribution in [-0.2, 0) is 6.42 Å². The highest BCUT2D eigenvalue weighted by Gasteiger charge is 2.21. The lowest BCUT2D eigenvalue weighted by molar-refractivity contribution is 0.319. The van der Waals surface area contributed by atoms with Gasteiger partial charge in [-0.2, -0.15) is 0 Å². The molecule has 0 saturated carbocycles. The van der Waals surface area contributed by atoms with E-state index in [-0.39, 0.29) is 5.75 Å². The standard InChI is InChI=1S/C17H13Br2NO3/c1-2-13-15(10-5-3-4-6-14(10)23-13)16(20-22)9-7-11(18)17(21)12(19)8-9/h3-8,21-22H,2H2,1H3. The molecule has 0 aliphatic heterocycles. The second-order valence-corrected chi connectivity index (χ2v) is 6.70. The number of fused-ring (bicyclic) bond motifs is 1. The van der Waals surface area contributed by atoms with Crippen LogP contribution >= 0.6 is 31.9 Å². The predicted octanol–water partition coefficient (Wildman–Crippen LogP) is 5.45. The Bertz CT molecular complexity index is 892. The minimum absolute atomic E-state index is 0.0961. The van der Waals surface area contributed by atoms with Crippen molar-refractivity contribution in [1.29, 1.82) is 0 Å². The van der Waals surface area contributed by atoms with Crippen LogP contribution in [0, 0.1) is 0 Å². The van der Waals surface area contributed by atoms with Crippen LogP contribution in [0.3, 0.4) is 0 Å². The minimum atomic E-state index is 0.0961. The SMILES string of the molecule is CCc1oc2ccccc2c1C(=NO)c1cc(Br)c(O)c(Br)c1. The fraction of sp³-hybridized carbons (Fsp3) is 0.118. The highest BCUT2D eigenvalue weighted by atomic mass is 79.9. The maximum atomic E-state index is 9.87. The molecule has 0 atom stereocenters. The Morgan fingerprint density at radius 1 is 1.17 bits per heavy atom. The van der Waals surface area contributed by atoms with Gasteiger partial charge in [0.1, 0.15) is 22.8 Å². The summed E-state index contributed by atoms with van der Waals surface area (Å²) in [6, 6.07) is 11.0. The molecule has 0 aliphatic carbocycles. The number of halogens is 2. The van der Waals surface area contributed by atoms with E-state index in [0.29, 0.717) is 26.6 Å². The Labute approximate surface area is 149 Å². The van der Waals surface area contributed by atoms with Crippen molar-refractivity contribution >= 4 is 48.5 Å². The molecule has 118 valence electrons. The van der Waals surface area contributed by atoms with E-state index >= 15 is 0 Å². The summed E-state index contributed by atoms with van der Waals surface area (Å²) in [4.78, 5) is 0. The quantitative estimate of drug-likeness (QED) is 0.324. The smallest absolute Gasteiger partial charge is 0.143 e. The fourth-order valence-electron chi connectivity index (χ4n) is 2.56. The van der Waals surface area contributed by atoms with Gasteiger partial charge in [-0.3, -0.25) is 0 Å². The van der Waals surface area contributed by atoms with Gasteiger partial charge in [0.2, 0.25) is 0 Å². The number of hydrogen-bond donors (Lipinski definition) is 2. The first-order valence-corrected chi connectivity index (χ1v) is 8.56. The lowest BCUT2D eigenvalue weighted by atomic mass is 9.98. The average molecular weight is 439 g/mol. The number of oxime groups is 1. The molecule has 4 nitrogen and oxygen atoms in total. The van der Waals surface area contributed by atoms with Crippen LogP contribution in [0.5, 0.6) is 5.75 Å². The molecule has 2 N–H and O–H groups in total. The maximum absolute atomic E-state index is 9.87. The molecule has 1 aromatic heterocycles. The second kappa shape index (κ2) is 6.37. The Morgan fingerprint density at radius 2 is 1.83 bits per heavy atom. The van der Waals surface area contributed by atoms with E-state index < -0.39 is 0 Å². The van der Waals surface area contributed by atoms with Gasteiger partial charge in [-0.05, 0) is 50.1 Å². The molecule has 6 heteroatoms. The van der Waals surface area contributed by atoms with Crippen molar-refractivity contribution in [2.24, 2.45) is 5.16 Å². The van der Waals surface area contributed by atoms with Crippen molar-refractivity contribution in [3.05, 3.63) is 62.2 Å². The number of phenols is 1. The van der Waals surface area contributed by atoms with Gasteiger partial charge in [0, 0.05) is 17.4 Å². The summed E-state index contributed by atoms with van der Waals surface area (Å²) in [6.07, 6.45) is 0.670. The third kappa shape index (κ3) is 2.77. The normalized spacial score (nSPS) is 12.0. The molecule has 0 fully saturated rings. The zero-order valence-corrected chi connectivity index (χ0v) is 15.3. The molecular formula is C17H13Br2NO3. The Balaban J connectivity index is 2.27. The van der Waals surface area contributed by atoms with E-state index in [2.05, 4.69) is 37.0 Å². The molecular weight excluding hydrogens is 426 g/mol. The largest absolute Gasteiger partial charge is 0.506 e. The maximum Gasteiger partial charge on any atom is 0.143 e. The monoisotopic (exact) mass is 437 g/mol. The molecule has 1 heterocycles. The molecule has 0 radical (unpaired) electrons. The highest BCUT2D eigenvalue weighted by Crippen LogP contribution is 2.36. The number of aromatic hydroxyl groups is 1. The van der Waals surface area contributed by atoms with Crippen LogP contribution in [0.2, 0.25) is 0 Å². The number of phenolic OH excluding ortho intramolecular Hbond substituents is 1. The van der Waals surface area contributed by atoms with Crippen molar-refractivity contribution in [2.45, 2.75) is 13.3 Å². The van der Waals surface area contributed by atoms with E-state index in [4.69, 9.17) is 4.42 Å². The topological polar surface area (TPSA) is 66.0 Å². The summed E-state index contributed by atoms with van der Waals surface area (Å²) in [7, 11) is 0. The first kappa shape index (κ1) is 16.1. The van der Waals surface area contributed by atoms with Gasteiger partial charge in [0.15, 0.2) is 0 Å². The number of para-hydroxylation sites is 1. The van der Waals surface area contributed by atoms with Crippen LogP contribution in [-0.4, -0.2) is 16.0 Å². The fourth-order valence-corrected chi connectivity index (χ4v) is 3.75. The van der Waals surface area contributed by atoms with Crippen molar-refractivity contribution in [3.63, 3.8) is 0 Å². The van der Waals surface area contributed by atoms with Gasteiger partial charge in [0.25, 0.3) is 0 Å². The summed E-state index contributed by atoms with van der Waals surface area (Å²) in [5.41, 5.74) is 2.56. The van der Waals surface area contributed by atoms with E-state index in [1.54, 1.807) is 12.1 Å². The second-order valence-electron chi connectivity index (χ2n) is 4.99. The van der Waals surface area contributed by atoms with E-state index in [0.717, 1.165) is 22.3 Å². The Kier molecular flexibility index (Phi) is 4.46. The van der Waals surface area contributed by atoms with Gasteiger partial charge < -0.3 is 14.7 Å². The molecule has 3 aromatic rings. The molecule has 2 aromatic carbocycles. The highest BCUT2D eigenvalue weighted by molar-refractivity contribution is 9.11. The molecule has 0 amide bonds. The third-order valence-electron chi connectivity index (χ3n) is 3.62. The van der Waals surface area contributed by atoms with E-state index in [1.165, 1.54) is 0 Å². The van der Waals surface area contributed by atoms with E-state index in [9.17, 15) is 10.3 Å². The molecule has 23 heavy (non-hydrogen) atoms. The number of aryl methyl sites for hydroxylation is 1. The lowest BCUT2D eigenvalue weighted by Gasteiger charge is -2.08. The molecule has 0 unspecified atom stereocenters. The third-order valence-corrected chi connectivity index (χ3v) is 4.83. The molecule has 3 rings (SSSR count). The number of hydrogen-bond acceptors (Lipinski definition) is 4. The Hall–Kier alpha value is -1.79. The predicted molar refractivity (Wildman–Crippen MR) is 96.5 cm³/mol. The van der Waals surface area contributed by atoms with Crippen LogP contribution in [0.15, 0.2) is 54.9 Å². The first-order valence-electron chi connectivity index (χ1n) is 6.98. The van der Waals surface area contributed by atoms with Crippen LogP contribution in [0.25, 0.3) is 11.0 Å². The van der Waals surface area contributed by atoms with Crippen molar-refractivity contribution in [2.75, 3.05) is 0 Å². The average Bonchev–Trinajstić information content (AvgIpc) is 2.92. The van der Waals surface area contributed by atoms with Gasteiger partial charge in [-0.1, -0.05) is 30.3 Å². The molecule has 0 bridgehead atoms. The van der Waals surface area contributed by atoms with Gasteiger partial charge in [-0.15, -0.1) is 0 Å². The molecule has 0 aliphatic rings. The number of benzene rings is 2. The van der Waals surface area contributed by atoms with Gasteiger partial charge in [-0.25, -0.2) is 0 Å². The summed E-state index contributed by atoms with van der Waals surface area (Å²) >= 11 is 6.61. The minimum Gasteiger partial charge on any atom is -0.506 e. The summed E-state index contributed by atoms with van der Waals surface area (Å²) < 4.78 is 6.89. The number of rotatable bonds is 3. The lowest BCUT2D eigenvalue weighted by Crippen LogP contribution is -2.06.